The maximum Gasteiger partial charge on any atom is 0.410 e. The molecule has 4 saturated heterocycles. The van der Waals surface area contributed by atoms with Gasteiger partial charge in [-0.3, -0.25) is 4.90 Å². The number of likely N-dealkylation sites (tertiary alicyclic amines) is 1. The van der Waals surface area contributed by atoms with Gasteiger partial charge < -0.3 is 28.8 Å². The average molecular weight is 391 g/mol. The molecule has 5 rings (SSSR count). The summed E-state index contributed by atoms with van der Waals surface area (Å²) < 4.78 is 22.0. The second-order valence-corrected chi connectivity index (χ2v) is 8.16. The van der Waals surface area contributed by atoms with E-state index in [1.165, 1.54) is 0 Å². The van der Waals surface area contributed by atoms with Crippen LogP contribution in [0.25, 0.3) is 0 Å². The number of rotatable bonds is 3. The van der Waals surface area contributed by atoms with Crippen LogP contribution in [0.3, 0.4) is 0 Å². The smallest absolute Gasteiger partial charge is 0.410 e. The second-order valence-electron chi connectivity index (χ2n) is 8.16. The van der Waals surface area contributed by atoms with Crippen LogP contribution in [-0.4, -0.2) is 80.1 Å². The quantitative estimate of drug-likeness (QED) is 0.836. The Labute approximate surface area is 162 Å². The summed E-state index contributed by atoms with van der Waals surface area (Å²) in [6.07, 6.45) is 3.14. The molecule has 2 atom stereocenters. The molecular formula is C19H25N3O6. The van der Waals surface area contributed by atoms with Crippen molar-refractivity contribution in [2.75, 3.05) is 52.7 Å². The highest BCUT2D eigenvalue weighted by Gasteiger charge is 2.57. The molecule has 5 heterocycles. The first-order valence-electron chi connectivity index (χ1n) is 9.81. The molecule has 1 aromatic heterocycles. The number of morpholine rings is 1. The summed E-state index contributed by atoms with van der Waals surface area (Å²) in [4.78, 5) is 28.5. The highest BCUT2D eigenvalue weighted by atomic mass is 16.6. The van der Waals surface area contributed by atoms with E-state index in [2.05, 4.69) is 5.32 Å². The van der Waals surface area contributed by atoms with E-state index in [1.807, 2.05) is 17.0 Å². The minimum absolute atomic E-state index is 0.0121. The van der Waals surface area contributed by atoms with Gasteiger partial charge in [0, 0.05) is 38.3 Å². The van der Waals surface area contributed by atoms with Crippen LogP contribution in [0.1, 0.15) is 24.6 Å². The zero-order valence-electron chi connectivity index (χ0n) is 15.7. The lowest BCUT2D eigenvalue weighted by atomic mass is 9.65. The standard InChI is InChI=1S/C19H25N3O6/c23-16(20-10-19-12-26-9-5-22(19)17(24)28-13-19)21-11-18(3-7-25-8-4-18)15(21)14-2-1-6-27-14/h1-2,6,15H,3-5,7-13H2,(H,20,23). The van der Waals surface area contributed by atoms with E-state index in [0.29, 0.717) is 46.1 Å². The molecule has 9 nitrogen and oxygen atoms in total. The number of carbonyl (C=O) groups excluding carboxylic acids is 2. The van der Waals surface area contributed by atoms with Crippen LogP contribution >= 0.6 is 0 Å². The molecule has 0 aromatic carbocycles. The van der Waals surface area contributed by atoms with Gasteiger partial charge in [0.05, 0.1) is 25.5 Å². The molecule has 4 aliphatic heterocycles. The molecule has 2 unspecified atom stereocenters. The highest BCUT2D eigenvalue weighted by molar-refractivity contribution is 5.77. The topological polar surface area (TPSA) is 93.5 Å². The van der Waals surface area contributed by atoms with Crippen LogP contribution in [0.15, 0.2) is 22.8 Å². The summed E-state index contributed by atoms with van der Waals surface area (Å²) in [5.41, 5.74) is -0.607. The first-order chi connectivity index (χ1) is 13.6. The van der Waals surface area contributed by atoms with Gasteiger partial charge in [-0.25, -0.2) is 9.59 Å². The molecule has 1 spiro atoms. The minimum atomic E-state index is -0.619. The Balaban J connectivity index is 1.29. The van der Waals surface area contributed by atoms with Gasteiger partial charge in [0.1, 0.15) is 17.9 Å². The van der Waals surface area contributed by atoms with Crippen molar-refractivity contribution in [1.82, 2.24) is 15.1 Å². The lowest BCUT2D eigenvalue weighted by Crippen LogP contribution is -2.66. The maximum atomic E-state index is 13.0. The molecular weight excluding hydrogens is 366 g/mol. The second kappa shape index (κ2) is 6.66. The molecule has 28 heavy (non-hydrogen) atoms. The molecule has 152 valence electrons. The van der Waals surface area contributed by atoms with Crippen LogP contribution < -0.4 is 5.32 Å². The Morgan fingerprint density at radius 1 is 1.21 bits per heavy atom. The molecule has 1 N–H and O–H groups in total. The van der Waals surface area contributed by atoms with Crippen LogP contribution in [-0.2, 0) is 14.2 Å². The predicted molar refractivity (Wildman–Crippen MR) is 95.6 cm³/mol. The van der Waals surface area contributed by atoms with Gasteiger partial charge in [0.25, 0.3) is 0 Å². The zero-order chi connectivity index (χ0) is 19.2. The molecule has 3 amide bonds. The van der Waals surface area contributed by atoms with Gasteiger partial charge >= 0.3 is 12.1 Å². The predicted octanol–water partition coefficient (Wildman–Crippen LogP) is 1.36. The lowest BCUT2D eigenvalue weighted by Gasteiger charge is -2.58. The third-order valence-electron chi connectivity index (χ3n) is 6.60. The highest BCUT2D eigenvalue weighted by Crippen LogP contribution is 2.54. The molecule has 4 fully saturated rings. The van der Waals surface area contributed by atoms with Crippen LogP contribution in [0.4, 0.5) is 9.59 Å². The van der Waals surface area contributed by atoms with Gasteiger partial charge in [0.15, 0.2) is 0 Å². The number of hydrogen-bond acceptors (Lipinski definition) is 6. The SMILES string of the molecule is O=C(NCC12COCCN1C(=O)OC2)N1CC2(CCOCC2)C1c1ccco1. The van der Waals surface area contributed by atoms with Crippen LogP contribution in [0.2, 0.25) is 0 Å². The number of furan rings is 1. The van der Waals surface area contributed by atoms with E-state index in [-0.39, 0.29) is 30.2 Å². The van der Waals surface area contributed by atoms with Gasteiger partial charge in [-0.2, -0.15) is 0 Å². The largest absolute Gasteiger partial charge is 0.467 e. The van der Waals surface area contributed by atoms with Crippen molar-refractivity contribution in [2.24, 2.45) is 5.41 Å². The van der Waals surface area contributed by atoms with Crippen molar-refractivity contribution < 1.29 is 28.2 Å². The number of urea groups is 1. The summed E-state index contributed by atoms with van der Waals surface area (Å²) >= 11 is 0. The fourth-order valence-electron chi connectivity index (χ4n) is 4.99. The number of amides is 3. The molecule has 0 radical (unpaired) electrons. The first-order valence-corrected chi connectivity index (χ1v) is 9.81. The lowest BCUT2D eigenvalue weighted by molar-refractivity contribution is -0.118. The first kappa shape index (κ1) is 17.8. The zero-order valence-corrected chi connectivity index (χ0v) is 15.7. The van der Waals surface area contributed by atoms with Crippen molar-refractivity contribution >= 4 is 12.1 Å². The van der Waals surface area contributed by atoms with Gasteiger partial charge in [0.2, 0.25) is 0 Å². The fraction of sp³-hybridized carbons (Fsp3) is 0.684. The Kier molecular flexibility index (Phi) is 4.24. The molecule has 0 aliphatic carbocycles. The van der Waals surface area contributed by atoms with Crippen molar-refractivity contribution in [3.05, 3.63) is 24.2 Å². The van der Waals surface area contributed by atoms with Gasteiger partial charge in [-0.1, -0.05) is 0 Å². The number of ether oxygens (including phenoxy) is 3. The number of cyclic esters (lactones) is 1. The Morgan fingerprint density at radius 3 is 2.86 bits per heavy atom. The van der Waals surface area contributed by atoms with Crippen LogP contribution in [0.5, 0.6) is 0 Å². The fourth-order valence-corrected chi connectivity index (χ4v) is 4.99. The van der Waals surface area contributed by atoms with E-state index < -0.39 is 5.54 Å². The summed E-state index contributed by atoms with van der Waals surface area (Å²) in [7, 11) is 0. The number of nitrogens with one attached hydrogen (secondary N) is 1. The molecule has 1 aromatic rings. The van der Waals surface area contributed by atoms with E-state index in [1.54, 1.807) is 11.2 Å². The molecule has 0 saturated carbocycles. The maximum absolute atomic E-state index is 13.0. The number of hydrogen-bond donors (Lipinski definition) is 1. The minimum Gasteiger partial charge on any atom is -0.467 e. The van der Waals surface area contributed by atoms with Gasteiger partial charge in [-0.05, 0) is 25.0 Å². The van der Waals surface area contributed by atoms with Crippen LogP contribution in [0, 0.1) is 5.41 Å². The van der Waals surface area contributed by atoms with Crippen molar-refractivity contribution in [3.8, 4) is 0 Å². The summed E-state index contributed by atoms with van der Waals surface area (Å²) in [5.74, 6) is 0.809. The third kappa shape index (κ3) is 2.68. The summed E-state index contributed by atoms with van der Waals surface area (Å²) in [5, 5.41) is 3.01. The Bertz CT molecular complexity index is 747. The Morgan fingerprint density at radius 2 is 2.07 bits per heavy atom. The summed E-state index contributed by atoms with van der Waals surface area (Å²) in [6, 6.07) is 3.54. The van der Waals surface area contributed by atoms with E-state index >= 15 is 0 Å². The number of fused-ring (bicyclic) bond motifs is 1. The Hall–Kier alpha value is -2.26. The van der Waals surface area contributed by atoms with Gasteiger partial charge in [-0.15, -0.1) is 0 Å². The monoisotopic (exact) mass is 391 g/mol. The molecule has 4 aliphatic rings. The van der Waals surface area contributed by atoms with E-state index in [4.69, 9.17) is 18.6 Å². The average Bonchev–Trinajstić information content (AvgIpc) is 3.34. The van der Waals surface area contributed by atoms with E-state index in [0.717, 1.165) is 18.6 Å². The van der Waals surface area contributed by atoms with Crippen molar-refractivity contribution in [2.45, 2.75) is 24.4 Å². The summed E-state index contributed by atoms with van der Waals surface area (Å²) in [6.45, 7) is 3.96. The number of carbonyl (C=O) groups is 2. The van der Waals surface area contributed by atoms with Crippen molar-refractivity contribution in [3.63, 3.8) is 0 Å². The van der Waals surface area contributed by atoms with Crippen molar-refractivity contribution in [1.29, 1.82) is 0 Å². The molecule has 0 bridgehead atoms. The number of nitrogens with zero attached hydrogens (tertiary/aromatic N) is 2. The third-order valence-corrected chi connectivity index (χ3v) is 6.60. The normalized spacial score (nSPS) is 31.3. The van der Waals surface area contributed by atoms with E-state index in [9.17, 15) is 9.59 Å². The molecule has 9 heteroatoms.